The van der Waals surface area contributed by atoms with Crippen molar-refractivity contribution in [3.05, 3.63) is 17.7 Å². The first-order chi connectivity index (χ1) is 9.32. The topological polar surface area (TPSA) is 92.9 Å². The number of hydrogen-bond acceptors (Lipinski definition) is 5. The SMILES string of the molecule is CC(O)CN(C)S(=O)(=O)c1cc(N)cc2c1OCCC2. The number of nitrogens with two attached hydrogens (primary N) is 1. The number of rotatable bonds is 4. The van der Waals surface area contributed by atoms with Crippen molar-refractivity contribution in [3.63, 3.8) is 0 Å². The van der Waals surface area contributed by atoms with E-state index in [0.717, 1.165) is 22.7 Å². The Balaban J connectivity index is 2.48. The van der Waals surface area contributed by atoms with Crippen molar-refractivity contribution in [2.75, 3.05) is 25.9 Å². The van der Waals surface area contributed by atoms with Gasteiger partial charge in [-0.25, -0.2) is 8.42 Å². The van der Waals surface area contributed by atoms with E-state index >= 15 is 0 Å². The number of likely N-dealkylation sites (N-methyl/N-ethyl adjacent to an activating group) is 1. The first-order valence-electron chi connectivity index (χ1n) is 6.52. The molecule has 0 bridgehead atoms. The van der Waals surface area contributed by atoms with Crippen LogP contribution >= 0.6 is 0 Å². The number of aryl methyl sites for hydroxylation is 1. The molecule has 0 saturated heterocycles. The van der Waals surface area contributed by atoms with Crippen LogP contribution in [0.25, 0.3) is 0 Å². The van der Waals surface area contributed by atoms with Gasteiger partial charge >= 0.3 is 0 Å². The summed E-state index contributed by atoms with van der Waals surface area (Å²) in [6.45, 7) is 2.06. The van der Waals surface area contributed by atoms with E-state index in [4.69, 9.17) is 10.5 Å². The molecule has 0 spiro atoms. The summed E-state index contributed by atoms with van der Waals surface area (Å²) >= 11 is 0. The first kappa shape index (κ1) is 15.1. The normalized spacial score (nSPS) is 16.6. The van der Waals surface area contributed by atoms with Gasteiger partial charge in [-0.15, -0.1) is 0 Å². The van der Waals surface area contributed by atoms with Gasteiger partial charge in [-0.05, 0) is 37.5 Å². The Morgan fingerprint density at radius 1 is 1.50 bits per heavy atom. The van der Waals surface area contributed by atoms with E-state index < -0.39 is 16.1 Å². The van der Waals surface area contributed by atoms with Crippen LogP contribution in [0.4, 0.5) is 5.69 Å². The molecule has 7 heteroatoms. The van der Waals surface area contributed by atoms with Gasteiger partial charge in [-0.1, -0.05) is 0 Å². The molecule has 1 aliphatic heterocycles. The second-order valence-corrected chi connectivity index (χ2v) is 7.11. The van der Waals surface area contributed by atoms with Gasteiger partial charge in [0.1, 0.15) is 10.6 Å². The number of hydrogen-bond donors (Lipinski definition) is 2. The van der Waals surface area contributed by atoms with Gasteiger partial charge < -0.3 is 15.6 Å². The molecular formula is C13H20N2O4S. The molecule has 1 aromatic rings. The van der Waals surface area contributed by atoms with E-state index in [9.17, 15) is 13.5 Å². The van der Waals surface area contributed by atoms with Crippen LogP contribution in [-0.2, 0) is 16.4 Å². The van der Waals surface area contributed by atoms with Gasteiger partial charge in [-0.2, -0.15) is 4.31 Å². The maximum absolute atomic E-state index is 12.6. The van der Waals surface area contributed by atoms with Crippen molar-refractivity contribution in [1.29, 1.82) is 0 Å². The molecule has 1 unspecified atom stereocenters. The number of benzene rings is 1. The number of fused-ring (bicyclic) bond motifs is 1. The Kier molecular flexibility index (Phi) is 4.22. The molecule has 3 N–H and O–H groups in total. The van der Waals surface area contributed by atoms with E-state index in [0.29, 0.717) is 18.0 Å². The number of nitrogen functional groups attached to an aromatic ring is 1. The molecule has 20 heavy (non-hydrogen) atoms. The fraction of sp³-hybridized carbons (Fsp3) is 0.538. The zero-order valence-electron chi connectivity index (χ0n) is 11.7. The summed E-state index contributed by atoms with van der Waals surface area (Å²) in [4.78, 5) is 0.0790. The van der Waals surface area contributed by atoms with Crippen molar-refractivity contribution < 1.29 is 18.3 Å². The number of sulfonamides is 1. The van der Waals surface area contributed by atoms with Gasteiger partial charge in [0.25, 0.3) is 0 Å². The lowest BCUT2D eigenvalue weighted by molar-refractivity contribution is 0.171. The predicted octanol–water partition coefficient (Wildman–Crippen LogP) is 0.595. The quantitative estimate of drug-likeness (QED) is 0.794. The predicted molar refractivity (Wildman–Crippen MR) is 76.2 cm³/mol. The van der Waals surface area contributed by atoms with Crippen LogP contribution in [0.5, 0.6) is 5.75 Å². The second kappa shape index (κ2) is 5.59. The summed E-state index contributed by atoms with van der Waals surface area (Å²) in [5.74, 6) is 0.392. The summed E-state index contributed by atoms with van der Waals surface area (Å²) in [7, 11) is -2.30. The molecule has 0 radical (unpaired) electrons. The number of nitrogens with zero attached hydrogens (tertiary/aromatic N) is 1. The molecule has 112 valence electrons. The minimum Gasteiger partial charge on any atom is -0.492 e. The lowest BCUT2D eigenvalue weighted by Gasteiger charge is -2.24. The summed E-state index contributed by atoms with van der Waals surface area (Å²) in [5.41, 5.74) is 7.01. The Morgan fingerprint density at radius 2 is 2.20 bits per heavy atom. The van der Waals surface area contributed by atoms with Crippen LogP contribution < -0.4 is 10.5 Å². The fourth-order valence-corrected chi connectivity index (χ4v) is 3.76. The van der Waals surface area contributed by atoms with Gasteiger partial charge in [0.05, 0.1) is 12.7 Å². The highest BCUT2D eigenvalue weighted by atomic mass is 32.2. The molecule has 0 fully saturated rings. The molecule has 0 saturated carbocycles. The van der Waals surface area contributed by atoms with Crippen LogP contribution in [0.1, 0.15) is 18.9 Å². The van der Waals surface area contributed by atoms with Gasteiger partial charge in [-0.3, -0.25) is 0 Å². The smallest absolute Gasteiger partial charge is 0.246 e. The highest BCUT2D eigenvalue weighted by molar-refractivity contribution is 7.89. The minimum absolute atomic E-state index is 0.0197. The zero-order valence-corrected chi connectivity index (χ0v) is 12.5. The monoisotopic (exact) mass is 300 g/mol. The zero-order chi connectivity index (χ0) is 14.9. The molecule has 1 aromatic carbocycles. The summed E-state index contributed by atoms with van der Waals surface area (Å²) in [6.07, 6.45) is 0.857. The highest BCUT2D eigenvalue weighted by Gasteiger charge is 2.29. The largest absolute Gasteiger partial charge is 0.492 e. The number of aliphatic hydroxyl groups excluding tert-OH is 1. The average molecular weight is 300 g/mol. The average Bonchev–Trinajstić information content (AvgIpc) is 2.36. The first-order valence-corrected chi connectivity index (χ1v) is 7.96. The lowest BCUT2D eigenvalue weighted by atomic mass is 10.1. The van der Waals surface area contributed by atoms with E-state index in [1.54, 1.807) is 6.07 Å². The van der Waals surface area contributed by atoms with Crippen molar-refractivity contribution in [3.8, 4) is 5.75 Å². The molecule has 1 atom stereocenters. The van der Waals surface area contributed by atoms with E-state index in [2.05, 4.69) is 0 Å². The Bertz CT molecular complexity index is 599. The molecule has 1 heterocycles. The van der Waals surface area contributed by atoms with Crippen LogP contribution in [0.3, 0.4) is 0 Å². The maximum atomic E-state index is 12.6. The Morgan fingerprint density at radius 3 is 2.85 bits per heavy atom. The second-order valence-electron chi connectivity index (χ2n) is 5.09. The van der Waals surface area contributed by atoms with Gasteiger partial charge in [0, 0.05) is 19.3 Å². The highest BCUT2D eigenvalue weighted by Crippen LogP contribution is 2.35. The van der Waals surface area contributed by atoms with Crippen LogP contribution in [0.2, 0.25) is 0 Å². The van der Waals surface area contributed by atoms with Crippen LogP contribution in [0, 0.1) is 0 Å². The summed E-state index contributed by atoms with van der Waals surface area (Å²) in [6, 6.07) is 3.17. The van der Waals surface area contributed by atoms with Crippen molar-refractivity contribution >= 4 is 15.7 Å². The molecule has 6 nitrogen and oxygen atoms in total. The summed E-state index contributed by atoms with van der Waals surface area (Å²) < 4.78 is 31.8. The number of aliphatic hydroxyl groups is 1. The third-order valence-electron chi connectivity index (χ3n) is 3.20. The van der Waals surface area contributed by atoms with E-state index in [-0.39, 0.29) is 11.4 Å². The van der Waals surface area contributed by atoms with Crippen LogP contribution in [-0.4, -0.2) is 44.1 Å². The van der Waals surface area contributed by atoms with Crippen molar-refractivity contribution in [2.45, 2.75) is 30.8 Å². The Hall–Kier alpha value is -1.31. The van der Waals surface area contributed by atoms with Crippen LogP contribution in [0.15, 0.2) is 17.0 Å². The molecule has 1 aliphatic rings. The molecule has 0 amide bonds. The maximum Gasteiger partial charge on any atom is 0.246 e. The van der Waals surface area contributed by atoms with Gasteiger partial charge in [0.2, 0.25) is 10.0 Å². The standard InChI is InChI=1S/C13H20N2O4S/c1-9(16)8-15(2)20(17,18)12-7-11(14)6-10-4-3-5-19-13(10)12/h6-7,9,16H,3-5,8,14H2,1-2H3. The van der Waals surface area contributed by atoms with Gasteiger partial charge in [0.15, 0.2) is 0 Å². The molecule has 2 rings (SSSR count). The van der Waals surface area contributed by atoms with E-state index in [1.165, 1.54) is 20.0 Å². The Labute approximate surface area is 119 Å². The number of ether oxygens (including phenoxy) is 1. The number of anilines is 1. The third kappa shape index (κ3) is 2.89. The fourth-order valence-electron chi connectivity index (χ4n) is 2.30. The van der Waals surface area contributed by atoms with E-state index in [1.807, 2.05) is 0 Å². The lowest BCUT2D eigenvalue weighted by Crippen LogP contribution is -2.33. The van der Waals surface area contributed by atoms with Crippen molar-refractivity contribution in [1.82, 2.24) is 4.31 Å². The summed E-state index contributed by atoms with van der Waals surface area (Å²) in [5, 5.41) is 9.36. The van der Waals surface area contributed by atoms with Crippen molar-refractivity contribution in [2.24, 2.45) is 0 Å². The molecular weight excluding hydrogens is 280 g/mol. The molecule has 0 aliphatic carbocycles. The minimum atomic E-state index is -3.73. The third-order valence-corrected chi connectivity index (χ3v) is 5.03. The molecule has 0 aromatic heterocycles.